The molecular weight excluding hydrogens is 257 g/mol. The van der Waals surface area contributed by atoms with Gasteiger partial charge in [-0.15, -0.1) is 0 Å². The first kappa shape index (κ1) is 12.3. The van der Waals surface area contributed by atoms with Gasteiger partial charge in [0.1, 0.15) is 5.82 Å². The molecule has 1 aromatic heterocycles. The van der Waals surface area contributed by atoms with Gasteiger partial charge in [-0.25, -0.2) is 4.39 Å². The van der Waals surface area contributed by atoms with E-state index in [1.807, 2.05) is 6.07 Å². The van der Waals surface area contributed by atoms with Gasteiger partial charge in [0.25, 0.3) is 5.91 Å². The van der Waals surface area contributed by atoms with Crippen molar-refractivity contribution in [2.45, 2.75) is 6.92 Å². The van der Waals surface area contributed by atoms with E-state index in [9.17, 15) is 9.18 Å². The minimum Gasteiger partial charge on any atom is -0.321 e. The van der Waals surface area contributed by atoms with E-state index in [1.165, 1.54) is 12.1 Å². The van der Waals surface area contributed by atoms with Crippen LogP contribution in [-0.4, -0.2) is 16.1 Å². The number of aromatic nitrogens is 2. The monoisotopic (exact) mass is 269 g/mol. The highest BCUT2D eigenvalue weighted by atomic mass is 19.1. The lowest BCUT2D eigenvalue weighted by atomic mass is 10.1. The number of fused-ring (bicyclic) bond motifs is 1. The second kappa shape index (κ2) is 4.77. The van der Waals surface area contributed by atoms with Crippen molar-refractivity contribution in [3.63, 3.8) is 0 Å². The molecule has 0 spiro atoms. The molecule has 100 valence electrons. The zero-order valence-corrected chi connectivity index (χ0v) is 10.8. The van der Waals surface area contributed by atoms with Crippen LogP contribution < -0.4 is 5.32 Å². The molecule has 20 heavy (non-hydrogen) atoms. The molecular formula is C15H12FN3O. The molecule has 4 nitrogen and oxygen atoms in total. The fourth-order valence-electron chi connectivity index (χ4n) is 2.07. The Bertz CT molecular complexity index is 795. The Hall–Kier alpha value is -2.69. The predicted molar refractivity (Wildman–Crippen MR) is 75.2 cm³/mol. The van der Waals surface area contributed by atoms with Gasteiger partial charge >= 0.3 is 0 Å². The molecule has 2 aromatic carbocycles. The van der Waals surface area contributed by atoms with Crippen LogP contribution in [0.3, 0.4) is 0 Å². The first-order chi connectivity index (χ1) is 9.65. The quantitative estimate of drug-likeness (QED) is 0.750. The molecule has 0 bridgehead atoms. The predicted octanol–water partition coefficient (Wildman–Crippen LogP) is 3.26. The van der Waals surface area contributed by atoms with Crippen molar-refractivity contribution in [2.75, 3.05) is 5.32 Å². The maximum absolute atomic E-state index is 13.8. The van der Waals surface area contributed by atoms with Gasteiger partial charge in [-0.2, -0.15) is 5.10 Å². The molecule has 3 rings (SSSR count). The standard InChI is InChI=1S/C15H12FN3O/c1-9-5-6-10(12(16)7-9)15(20)18-13-3-2-4-14-11(13)8-17-19-14/h2-8H,1H3,(H,17,19)(H,18,20). The highest BCUT2D eigenvalue weighted by Gasteiger charge is 2.13. The van der Waals surface area contributed by atoms with Crippen molar-refractivity contribution in [3.8, 4) is 0 Å². The van der Waals surface area contributed by atoms with Gasteiger partial charge in [-0.1, -0.05) is 12.1 Å². The molecule has 0 aliphatic carbocycles. The first-order valence-electron chi connectivity index (χ1n) is 6.15. The topological polar surface area (TPSA) is 57.8 Å². The summed E-state index contributed by atoms with van der Waals surface area (Å²) >= 11 is 0. The van der Waals surface area contributed by atoms with Crippen molar-refractivity contribution in [1.82, 2.24) is 10.2 Å². The van der Waals surface area contributed by atoms with Gasteiger partial charge in [0, 0.05) is 5.39 Å². The number of nitrogens with one attached hydrogen (secondary N) is 2. The van der Waals surface area contributed by atoms with Crippen LogP contribution >= 0.6 is 0 Å². The molecule has 0 saturated heterocycles. The zero-order chi connectivity index (χ0) is 14.1. The van der Waals surface area contributed by atoms with Crippen LogP contribution in [0, 0.1) is 12.7 Å². The fourth-order valence-corrected chi connectivity index (χ4v) is 2.07. The Morgan fingerprint density at radius 2 is 2.15 bits per heavy atom. The summed E-state index contributed by atoms with van der Waals surface area (Å²) in [7, 11) is 0. The number of aryl methyl sites for hydroxylation is 1. The lowest BCUT2D eigenvalue weighted by molar-refractivity contribution is 0.102. The van der Waals surface area contributed by atoms with Crippen molar-refractivity contribution < 1.29 is 9.18 Å². The SMILES string of the molecule is Cc1ccc(C(=O)Nc2cccc3[nH]ncc23)c(F)c1. The highest BCUT2D eigenvalue weighted by molar-refractivity contribution is 6.08. The summed E-state index contributed by atoms with van der Waals surface area (Å²) in [6.07, 6.45) is 1.62. The largest absolute Gasteiger partial charge is 0.321 e. The van der Waals surface area contributed by atoms with Crippen LogP contribution in [0.25, 0.3) is 10.9 Å². The Kier molecular flexibility index (Phi) is 2.95. The normalized spacial score (nSPS) is 10.7. The lowest BCUT2D eigenvalue weighted by Gasteiger charge is -2.07. The lowest BCUT2D eigenvalue weighted by Crippen LogP contribution is -2.14. The van der Waals surface area contributed by atoms with Gasteiger partial charge in [-0.3, -0.25) is 9.89 Å². The minimum absolute atomic E-state index is 0.0242. The van der Waals surface area contributed by atoms with Crippen LogP contribution in [0.15, 0.2) is 42.6 Å². The van der Waals surface area contributed by atoms with Crippen LogP contribution in [0.5, 0.6) is 0 Å². The van der Waals surface area contributed by atoms with Gasteiger partial charge < -0.3 is 5.32 Å². The molecule has 0 atom stereocenters. The maximum atomic E-state index is 13.8. The molecule has 1 amide bonds. The van der Waals surface area contributed by atoms with E-state index in [1.54, 1.807) is 31.3 Å². The van der Waals surface area contributed by atoms with Gasteiger partial charge in [0.2, 0.25) is 0 Å². The van der Waals surface area contributed by atoms with Crippen LogP contribution in [0.2, 0.25) is 0 Å². The first-order valence-corrected chi connectivity index (χ1v) is 6.15. The number of anilines is 1. The van der Waals surface area contributed by atoms with Crippen molar-refractivity contribution in [2.24, 2.45) is 0 Å². The Labute approximate surface area is 114 Å². The summed E-state index contributed by atoms with van der Waals surface area (Å²) in [6, 6.07) is 9.92. The summed E-state index contributed by atoms with van der Waals surface area (Å²) < 4.78 is 13.8. The average Bonchev–Trinajstić information content (AvgIpc) is 2.87. The van der Waals surface area contributed by atoms with Gasteiger partial charge in [0.05, 0.1) is 23.0 Å². The van der Waals surface area contributed by atoms with E-state index in [-0.39, 0.29) is 5.56 Å². The number of amides is 1. The van der Waals surface area contributed by atoms with E-state index in [0.29, 0.717) is 5.69 Å². The van der Waals surface area contributed by atoms with E-state index in [4.69, 9.17) is 0 Å². The molecule has 0 aliphatic rings. The summed E-state index contributed by atoms with van der Waals surface area (Å²) in [4.78, 5) is 12.1. The summed E-state index contributed by atoms with van der Waals surface area (Å²) in [5, 5.41) is 10.2. The molecule has 0 radical (unpaired) electrons. The van der Waals surface area contributed by atoms with E-state index < -0.39 is 11.7 Å². The smallest absolute Gasteiger partial charge is 0.258 e. The van der Waals surface area contributed by atoms with E-state index in [2.05, 4.69) is 15.5 Å². The van der Waals surface area contributed by atoms with Gasteiger partial charge in [0.15, 0.2) is 0 Å². The molecule has 2 N–H and O–H groups in total. The second-order valence-corrected chi connectivity index (χ2v) is 4.57. The molecule has 0 saturated carbocycles. The number of halogens is 1. The molecule has 0 fully saturated rings. The Morgan fingerprint density at radius 3 is 2.95 bits per heavy atom. The number of nitrogens with zero attached hydrogens (tertiary/aromatic N) is 1. The molecule has 1 heterocycles. The highest BCUT2D eigenvalue weighted by Crippen LogP contribution is 2.22. The van der Waals surface area contributed by atoms with Crippen molar-refractivity contribution >= 4 is 22.5 Å². The molecule has 5 heteroatoms. The van der Waals surface area contributed by atoms with E-state index in [0.717, 1.165) is 16.5 Å². The summed E-state index contributed by atoms with van der Waals surface area (Å²) in [5.41, 5.74) is 2.21. The summed E-state index contributed by atoms with van der Waals surface area (Å²) in [6.45, 7) is 1.77. The summed E-state index contributed by atoms with van der Waals surface area (Å²) in [5.74, 6) is -1.00. The number of H-pyrrole nitrogens is 1. The Morgan fingerprint density at radius 1 is 1.30 bits per heavy atom. The molecule has 0 aliphatic heterocycles. The average molecular weight is 269 g/mol. The Balaban J connectivity index is 1.94. The number of rotatable bonds is 2. The third kappa shape index (κ3) is 2.14. The van der Waals surface area contributed by atoms with Crippen molar-refractivity contribution in [3.05, 3.63) is 59.5 Å². The molecule has 0 unspecified atom stereocenters. The minimum atomic E-state index is -0.526. The number of aromatic amines is 1. The third-order valence-corrected chi connectivity index (χ3v) is 3.10. The third-order valence-electron chi connectivity index (χ3n) is 3.10. The van der Waals surface area contributed by atoms with Crippen LogP contribution in [-0.2, 0) is 0 Å². The number of hydrogen-bond acceptors (Lipinski definition) is 2. The number of carbonyl (C=O) groups is 1. The second-order valence-electron chi connectivity index (χ2n) is 4.57. The van der Waals surface area contributed by atoms with Crippen molar-refractivity contribution in [1.29, 1.82) is 0 Å². The number of carbonyl (C=O) groups excluding carboxylic acids is 1. The molecule has 3 aromatic rings. The maximum Gasteiger partial charge on any atom is 0.258 e. The van der Waals surface area contributed by atoms with Crippen LogP contribution in [0.4, 0.5) is 10.1 Å². The number of benzene rings is 2. The van der Waals surface area contributed by atoms with Gasteiger partial charge in [-0.05, 0) is 36.8 Å². The van der Waals surface area contributed by atoms with E-state index >= 15 is 0 Å². The number of hydrogen-bond donors (Lipinski definition) is 2. The fraction of sp³-hybridized carbons (Fsp3) is 0.0667. The van der Waals surface area contributed by atoms with Crippen LogP contribution in [0.1, 0.15) is 15.9 Å². The zero-order valence-electron chi connectivity index (χ0n) is 10.8.